The fourth-order valence-electron chi connectivity index (χ4n) is 1.58. The van der Waals surface area contributed by atoms with Gasteiger partial charge in [-0.2, -0.15) is 0 Å². The molecular weight excluding hydrogens is 262 g/mol. The third kappa shape index (κ3) is 2.87. The highest BCUT2D eigenvalue weighted by Gasteiger charge is 2.17. The number of methoxy groups -OCH3 is 1. The molecule has 0 atom stereocenters. The summed E-state index contributed by atoms with van der Waals surface area (Å²) >= 11 is 0. The Labute approximate surface area is 112 Å². The zero-order valence-electron chi connectivity index (χ0n) is 10.4. The molecular formula is C14H13NO3S. The minimum atomic E-state index is -3.59. The van der Waals surface area contributed by atoms with Gasteiger partial charge < -0.3 is 4.74 Å². The Morgan fingerprint density at radius 2 is 1.89 bits per heavy atom. The highest BCUT2D eigenvalue weighted by atomic mass is 32.2. The van der Waals surface area contributed by atoms with Gasteiger partial charge in [0.1, 0.15) is 12.3 Å². The van der Waals surface area contributed by atoms with E-state index in [2.05, 4.69) is 11.8 Å². The van der Waals surface area contributed by atoms with Gasteiger partial charge in [-0.3, -0.25) is 0 Å². The molecule has 0 fully saturated rings. The van der Waals surface area contributed by atoms with Crippen molar-refractivity contribution in [2.75, 3.05) is 13.7 Å². The van der Waals surface area contributed by atoms with E-state index in [0.717, 1.165) is 0 Å². The molecule has 0 saturated heterocycles. The Bertz CT molecular complexity index is 706. The summed E-state index contributed by atoms with van der Waals surface area (Å²) in [6.45, 7) is 0.260. The van der Waals surface area contributed by atoms with E-state index in [9.17, 15) is 8.42 Å². The van der Waals surface area contributed by atoms with Gasteiger partial charge in [0.05, 0.1) is 4.90 Å². The van der Waals surface area contributed by atoms with Crippen LogP contribution in [0.2, 0.25) is 0 Å². The second-order valence-electron chi connectivity index (χ2n) is 3.74. The molecule has 5 heteroatoms. The van der Waals surface area contributed by atoms with Crippen molar-refractivity contribution in [1.82, 2.24) is 3.97 Å². The van der Waals surface area contributed by atoms with Gasteiger partial charge in [0.2, 0.25) is 0 Å². The van der Waals surface area contributed by atoms with Gasteiger partial charge in [-0.05, 0) is 30.2 Å². The molecule has 1 heterocycles. The Morgan fingerprint density at radius 3 is 2.58 bits per heavy atom. The molecule has 2 aromatic rings. The van der Waals surface area contributed by atoms with Gasteiger partial charge in [0.15, 0.2) is 0 Å². The van der Waals surface area contributed by atoms with Gasteiger partial charge in [-0.25, -0.2) is 12.4 Å². The van der Waals surface area contributed by atoms with E-state index in [1.54, 1.807) is 42.5 Å². The maximum absolute atomic E-state index is 12.4. The Morgan fingerprint density at radius 1 is 1.16 bits per heavy atom. The van der Waals surface area contributed by atoms with E-state index < -0.39 is 10.0 Å². The van der Waals surface area contributed by atoms with E-state index in [0.29, 0.717) is 5.69 Å². The van der Waals surface area contributed by atoms with E-state index >= 15 is 0 Å². The van der Waals surface area contributed by atoms with Crippen molar-refractivity contribution < 1.29 is 13.2 Å². The number of hydrogen-bond acceptors (Lipinski definition) is 3. The molecule has 0 bridgehead atoms. The quantitative estimate of drug-likeness (QED) is 0.801. The molecule has 0 saturated carbocycles. The lowest BCUT2D eigenvalue weighted by Crippen LogP contribution is -2.13. The van der Waals surface area contributed by atoms with Crippen LogP contribution in [0.1, 0.15) is 5.69 Å². The first-order valence-corrected chi connectivity index (χ1v) is 7.06. The first-order valence-electron chi connectivity index (χ1n) is 5.62. The maximum atomic E-state index is 12.4. The molecule has 4 nitrogen and oxygen atoms in total. The summed E-state index contributed by atoms with van der Waals surface area (Å²) in [6.07, 6.45) is 1.49. The van der Waals surface area contributed by atoms with Crippen LogP contribution in [0.25, 0.3) is 0 Å². The zero-order chi connectivity index (χ0) is 13.7. The van der Waals surface area contributed by atoms with E-state index in [1.807, 2.05) is 0 Å². The average Bonchev–Trinajstić information content (AvgIpc) is 2.89. The summed E-state index contributed by atoms with van der Waals surface area (Å²) in [6, 6.07) is 11.6. The third-order valence-electron chi connectivity index (χ3n) is 2.45. The van der Waals surface area contributed by atoms with Crippen LogP contribution >= 0.6 is 0 Å². The van der Waals surface area contributed by atoms with Crippen LogP contribution in [-0.2, 0) is 14.8 Å². The lowest BCUT2D eigenvalue weighted by Gasteiger charge is -2.06. The van der Waals surface area contributed by atoms with E-state index in [4.69, 9.17) is 4.74 Å². The van der Waals surface area contributed by atoms with Gasteiger partial charge in [-0.1, -0.05) is 24.1 Å². The van der Waals surface area contributed by atoms with Crippen molar-refractivity contribution in [3.8, 4) is 11.8 Å². The van der Waals surface area contributed by atoms with Crippen LogP contribution in [0.3, 0.4) is 0 Å². The monoisotopic (exact) mass is 275 g/mol. The number of nitrogens with zero attached hydrogens (tertiary/aromatic N) is 1. The number of aromatic nitrogens is 1. The van der Waals surface area contributed by atoms with Crippen LogP contribution in [0.4, 0.5) is 0 Å². The fourth-order valence-corrected chi connectivity index (χ4v) is 2.90. The Kier molecular flexibility index (Phi) is 4.05. The summed E-state index contributed by atoms with van der Waals surface area (Å²) in [5.74, 6) is 5.52. The number of ether oxygens (including phenoxy) is 1. The lowest BCUT2D eigenvalue weighted by molar-refractivity contribution is 0.240. The SMILES string of the molecule is COCC#Cc1cccn1S(=O)(=O)c1ccccc1. The first-order chi connectivity index (χ1) is 9.16. The molecule has 1 aromatic heterocycles. The minimum Gasteiger partial charge on any atom is -0.372 e. The molecule has 0 amide bonds. The summed E-state index contributed by atoms with van der Waals surface area (Å²) in [5.41, 5.74) is 0.418. The van der Waals surface area contributed by atoms with E-state index in [1.165, 1.54) is 17.3 Å². The molecule has 19 heavy (non-hydrogen) atoms. The molecule has 2 rings (SSSR count). The van der Waals surface area contributed by atoms with Crippen molar-refractivity contribution in [2.45, 2.75) is 4.90 Å². The fraction of sp³-hybridized carbons (Fsp3) is 0.143. The highest BCUT2D eigenvalue weighted by Crippen LogP contribution is 2.15. The van der Waals surface area contributed by atoms with Gasteiger partial charge in [0, 0.05) is 13.3 Å². The zero-order valence-corrected chi connectivity index (χ0v) is 11.2. The number of hydrogen-bond donors (Lipinski definition) is 0. The average molecular weight is 275 g/mol. The summed E-state index contributed by atoms with van der Waals surface area (Å²) in [4.78, 5) is 0.237. The Balaban J connectivity index is 2.44. The van der Waals surface area contributed by atoms with Gasteiger partial charge in [-0.15, -0.1) is 0 Å². The predicted octanol–water partition coefficient (Wildman–Crippen LogP) is 1.72. The summed E-state index contributed by atoms with van der Waals surface area (Å²) in [5, 5.41) is 0. The minimum absolute atomic E-state index is 0.237. The molecule has 98 valence electrons. The summed E-state index contributed by atoms with van der Waals surface area (Å²) in [7, 11) is -2.05. The van der Waals surface area contributed by atoms with Crippen LogP contribution < -0.4 is 0 Å². The largest absolute Gasteiger partial charge is 0.372 e. The van der Waals surface area contributed by atoms with Crippen molar-refractivity contribution in [3.05, 3.63) is 54.4 Å². The molecule has 0 radical (unpaired) electrons. The predicted molar refractivity (Wildman–Crippen MR) is 72.2 cm³/mol. The molecule has 0 unspecified atom stereocenters. The van der Waals surface area contributed by atoms with Crippen molar-refractivity contribution in [3.63, 3.8) is 0 Å². The molecule has 0 aliphatic heterocycles. The molecule has 1 aromatic carbocycles. The second kappa shape index (κ2) is 5.74. The second-order valence-corrected chi connectivity index (χ2v) is 5.56. The van der Waals surface area contributed by atoms with Crippen LogP contribution in [0.5, 0.6) is 0 Å². The maximum Gasteiger partial charge on any atom is 0.268 e. The molecule has 0 aliphatic rings. The van der Waals surface area contributed by atoms with Crippen molar-refractivity contribution in [1.29, 1.82) is 0 Å². The Hall–Kier alpha value is -2.03. The molecule has 0 aliphatic carbocycles. The van der Waals surface area contributed by atoms with E-state index in [-0.39, 0.29) is 11.5 Å². The first kappa shape index (κ1) is 13.4. The lowest BCUT2D eigenvalue weighted by atomic mass is 10.4. The summed E-state index contributed by atoms with van der Waals surface area (Å²) < 4.78 is 30.8. The number of rotatable bonds is 3. The molecule has 0 N–H and O–H groups in total. The molecule has 0 spiro atoms. The third-order valence-corrected chi connectivity index (χ3v) is 4.15. The normalized spacial score (nSPS) is 10.8. The van der Waals surface area contributed by atoms with Crippen LogP contribution in [0, 0.1) is 11.8 Å². The smallest absolute Gasteiger partial charge is 0.268 e. The number of benzene rings is 1. The van der Waals surface area contributed by atoms with Crippen LogP contribution in [-0.4, -0.2) is 26.1 Å². The van der Waals surface area contributed by atoms with Gasteiger partial charge in [0.25, 0.3) is 10.0 Å². The van der Waals surface area contributed by atoms with Crippen molar-refractivity contribution in [2.24, 2.45) is 0 Å². The van der Waals surface area contributed by atoms with Crippen molar-refractivity contribution >= 4 is 10.0 Å². The van der Waals surface area contributed by atoms with Gasteiger partial charge >= 0.3 is 0 Å². The highest BCUT2D eigenvalue weighted by molar-refractivity contribution is 7.90. The standard InChI is InChI=1S/C14H13NO3S/c1-18-12-6-8-13-7-5-11-15(13)19(16,17)14-9-3-2-4-10-14/h2-5,7,9-11H,12H2,1H3. The van der Waals surface area contributed by atoms with Crippen LogP contribution in [0.15, 0.2) is 53.6 Å². The topological polar surface area (TPSA) is 48.3 Å².